The van der Waals surface area contributed by atoms with Gasteiger partial charge in [-0.2, -0.15) is 5.26 Å². The Labute approximate surface area is 409 Å². The number of fused-ring (bicyclic) bond motifs is 3. The number of nitrogens with zero attached hydrogens (tertiary/aromatic N) is 2. The van der Waals surface area contributed by atoms with E-state index in [9.17, 15) is 19.6 Å². The van der Waals surface area contributed by atoms with Crippen LogP contribution in [0.1, 0.15) is 130 Å². The first-order chi connectivity index (χ1) is 32.8. The third-order valence-electron chi connectivity index (χ3n) is 12.5. The Hall–Kier alpha value is -3.48. The summed E-state index contributed by atoms with van der Waals surface area (Å²) in [5.74, 6) is 6.93. The highest BCUT2D eigenvalue weighted by atomic mass is 31.2. The van der Waals surface area contributed by atoms with Gasteiger partial charge < -0.3 is 48.1 Å². The molecule has 1 unspecified atom stereocenters. The highest BCUT2D eigenvalue weighted by Crippen LogP contribution is 2.61. The Morgan fingerprint density at radius 1 is 0.632 bits per heavy atom. The number of hydrogen-bond acceptors (Lipinski definition) is 14. The van der Waals surface area contributed by atoms with E-state index in [0.29, 0.717) is 110 Å². The summed E-state index contributed by atoms with van der Waals surface area (Å²) >= 11 is 0. The monoisotopic (exact) mass is 973 g/mol. The van der Waals surface area contributed by atoms with Crippen LogP contribution in [0.25, 0.3) is 0 Å². The SMILES string of the molecule is C#CCOCCOCCCC(=O)CCC(CCC(=O)NCCOCCOCC#C)(CCC(=O)NCCOCCOCC#C)CC(=O)C12CCC(OP(OCCC#N)N(C(C)C)C(C)C)(CC1)CC2. The number of amides is 2. The van der Waals surface area contributed by atoms with E-state index in [4.69, 9.17) is 56.7 Å². The van der Waals surface area contributed by atoms with E-state index in [2.05, 4.69) is 66.8 Å². The Balaban J connectivity index is 2.29. The van der Waals surface area contributed by atoms with Crippen molar-refractivity contribution >= 4 is 31.9 Å². The minimum atomic E-state index is -1.46. The lowest BCUT2D eigenvalue weighted by atomic mass is 9.55. The van der Waals surface area contributed by atoms with Crippen LogP contribution in [0.2, 0.25) is 0 Å². The maximum Gasteiger partial charge on any atom is 0.259 e. The molecular weight excluding hydrogens is 892 g/mol. The fourth-order valence-corrected chi connectivity index (χ4v) is 10.6. The van der Waals surface area contributed by atoms with Crippen molar-refractivity contribution in [2.75, 3.05) is 99.0 Å². The van der Waals surface area contributed by atoms with Crippen LogP contribution in [0, 0.1) is 59.2 Å². The zero-order valence-corrected chi connectivity index (χ0v) is 42.4. The minimum absolute atomic E-state index is 0.0235. The second kappa shape index (κ2) is 35.6. The molecule has 68 heavy (non-hydrogen) atoms. The molecule has 0 heterocycles. The van der Waals surface area contributed by atoms with Gasteiger partial charge in [-0.15, -0.1) is 19.3 Å². The van der Waals surface area contributed by atoms with Crippen LogP contribution in [0.15, 0.2) is 0 Å². The number of carbonyl (C=O) groups is 4. The number of Topliss-reactive ketones (excluding diaryl/α,β-unsaturated/α-hetero) is 2. The molecule has 17 heteroatoms. The third kappa shape index (κ3) is 24.4. The number of nitriles is 1. The predicted octanol–water partition coefficient (Wildman–Crippen LogP) is 6.24. The molecule has 0 saturated heterocycles. The molecule has 3 fully saturated rings. The predicted molar refractivity (Wildman–Crippen MR) is 261 cm³/mol. The van der Waals surface area contributed by atoms with Crippen molar-refractivity contribution in [2.45, 2.75) is 148 Å². The molecule has 0 aromatic heterocycles. The van der Waals surface area contributed by atoms with Gasteiger partial charge in [0.25, 0.3) is 8.53 Å². The van der Waals surface area contributed by atoms with Crippen LogP contribution in [0.4, 0.5) is 0 Å². The number of hydrogen-bond donors (Lipinski definition) is 2. The van der Waals surface area contributed by atoms with Crippen molar-refractivity contribution in [3.8, 4) is 43.1 Å². The summed E-state index contributed by atoms with van der Waals surface area (Å²) < 4.78 is 48.0. The lowest BCUT2D eigenvalue weighted by Gasteiger charge is -2.54. The minimum Gasteiger partial charge on any atom is -0.379 e. The molecule has 2 N–H and O–H groups in total. The van der Waals surface area contributed by atoms with Gasteiger partial charge in [-0.25, -0.2) is 4.67 Å². The summed E-state index contributed by atoms with van der Waals surface area (Å²) in [4.78, 5) is 55.4. The van der Waals surface area contributed by atoms with E-state index in [1.807, 2.05) is 0 Å². The number of nitrogens with one attached hydrogen (secondary N) is 2. The van der Waals surface area contributed by atoms with Gasteiger partial charge in [0.2, 0.25) is 11.8 Å². The highest BCUT2D eigenvalue weighted by Gasteiger charge is 2.55. The van der Waals surface area contributed by atoms with Gasteiger partial charge in [0.15, 0.2) is 0 Å². The molecular formula is C51H81N4O12P. The smallest absolute Gasteiger partial charge is 0.259 e. The summed E-state index contributed by atoms with van der Waals surface area (Å²) in [6, 6.07) is 2.48. The van der Waals surface area contributed by atoms with E-state index in [1.54, 1.807) is 0 Å². The first-order valence-electron chi connectivity index (χ1n) is 24.4. The normalized spacial score (nSPS) is 18.2. The number of terminal acetylenes is 3. The Morgan fingerprint density at radius 3 is 1.54 bits per heavy atom. The Morgan fingerprint density at radius 2 is 1.09 bits per heavy atom. The summed E-state index contributed by atoms with van der Waals surface area (Å²) in [6.07, 6.45) is 22.2. The van der Waals surface area contributed by atoms with Gasteiger partial charge in [0, 0.05) is 69.3 Å². The van der Waals surface area contributed by atoms with E-state index >= 15 is 4.79 Å². The first kappa shape index (κ1) is 60.6. The lowest BCUT2D eigenvalue weighted by Crippen LogP contribution is -2.52. The van der Waals surface area contributed by atoms with Gasteiger partial charge >= 0.3 is 0 Å². The largest absolute Gasteiger partial charge is 0.379 e. The Kier molecular flexibility index (Phi) is 31.7. The summed E-state index contributed by atoms with van der Waals surface area (Å²) in [6.45, 7) is 12.9. The average Bonchev–Trinajstić information content (AvgIpc) is 3.32. The highest BCUT2D eigenvalue weighted by molar-refractivity contribution is 7.44. The molecule has 0 aromatic rings. The van der Waals surface area contributed by atoms with E-state index < -0.39 is 25.0 Å². The van der Waals surface area contributed by atoms with Crippen LogP contribution < -0.4 is 10.6 Å². The van der Waals surface area contributed by atoms with Crippen LogP contribution in [0.5, 0.6) is 0 Å². The lowest BCUT2D eigenvalue weighted by molar-refractivity contribution is -0.147. The van der Waals surface area contributed by atoms with Crippen molar-refractivity contribution in [1.29, 1.82) is 5.26 Å². The molecule has 0 aliphatic heterocycles. The first-order valence-corrected chi connectivity index (χ1v) is 25.6. The van der Waals surface area contributed by atoms with Gasteiger partial charge in [0.05, 0.1) is 77.6 Å². The topological polar surface area (TPSA) is 193 Å². The summed E-state index contributed by atoms with van der Waals surface area (Å²) in [7, 11) is -1.46. The van der Waals surface area contributed by atoms with E-state index in [-0.39, 0.29) is 127 Å². The second-order valence-corrected chi connectivity index (χ2v) is 19.5. The molecule has 382 valence electrons. The Bertz CT molecular complexity index is 1510. The molecule has 0 spiro atoms. The van der Waals surface area contributed by atoms with Crippen molar-refractivity contribution in [3.63, 3.8) is 0 Å². The molecule has 16 nitrogen and oxygen atoms in total. The van der Waals surface area contributed by atoms with Gasteiger partial charge in [-0.05, 0) is 97.3 Å². The van der Waals surface area contributed by atoms with E-state index in [0.717, 1.165) is 0 Å². The molecule has 2 amide bonds. The number of ketones is 2. The van der Waals surface area contributed by atoms with Crippen LogP contribution in [-0.2, 0) is 56.6 Å². The maximum absolute atomic E-state index is 15.0. The van der Waals surface area contributed by atoms with Crippen molar-refractivity contribution in [2.24, 2.45) is 10.8 Å². The molecule has 0 aromatic carbocycles. The number of ether oxygens (including phenoxy) is 6. The fraction of sp³-hybridized carbons (Fsp3) is 0.784. The molecule has 2 bridgehead atoms. The molecule has 3 aliphatic carbocycles. The second-order valence-electron chi connectivity index (χ2n) is 18.2. The molecule has 0 radical (unpaired) electrons. The van der Waals surface area contributed by atoms with Gasteiger partial charge in [-0.1, -0.05) is 17.8 Å². The van der Waals surface area contributed by atoms with Gasteiger partial charge in [-0.3, -0.25) is 19.2 Å². The van der Waals surface area contributed by atoms with Crippen LogP contribution in [0.3, 0.4) is 0 Å². The summed E-state index contributed by atoms with van der Waals surface area (Å²) in [5.41, 5.74) is -1.86. The molecule has 3 aliphatic rings. The molecule has 3 saturated carbocycles. The standard InChI is InChI=1S/C51H81N4O12P/c1-8-29-60-36-39-63-32-11-13-45(56)14-17-49(18-15-47(58)53-27-34-64-40-37-61-30-9-2,19-16-48(59)54-28-35-65-41-38-62-31-10-3)42-46(57)50-20-23-51(24-21-50,25-22-50)67-68(66-33-12-26-52)55(43(4)5)44(6)7/h1-3,43-44H,11-25,27-42H2,4-7H3,(H,53,58)(H,54,59). The molecule has 1 atom stereocenters. The van der Waals surface area contributed by atoms with E-state index in [1.165, 1.54) is 0 Å². The average molecular weight is 973 g/mol. The van der Waals surface area contributed by atoms with Crippen LogP contribution >= 0.6 is 8.53 Å². The molecule has 3 rings (SSSR count). The van der Waals surface area contributed by atoms with Crippen molar-refractivity contribution in [1.82, 2.24) is 15.3 Å². The van der Waals surface area contributed by atoms with Crippen molar-refractivity contribution < 1.29 is 56.6 Å². The third-order valence-corrected chi connectivity index (χ3v) is 14.7. The van der Waals surface area contributed by atoms with Crippen molar-refractivity contribution in [3.05, 3.63) is 0 Å². The zero-order chi connectivity index (χ0) is 49.9. The van der Waals surface area contributed by atoms with Crippen LogP contribution in [-0.4, -0.2) is 145 Å². The quantitative estimate of drug-likeness (QED) is 0.0397. The number of carbonyl (C=O) groups excluding carboxylic acids is 4. The fourth-order valence-electron chi connectivity index (χ4n) is 8.74. The maximum atomic E-state index is 15.0. The summed E-state index contributed by atoms with van der Waals surface area (Å²) in [5, 5.41) is 15.1. The van der Waals surface area contributed by atoms with Gasteiger partial charge in [0.1, 0.15) is 31.4 Å². The zero-order valence-electron chi connectivity index (χ0n) is 41.5. The number of rotatable bonds is 42.